The van der Waals surface area contributed by atoms with Crippen LogP contribution in [0.1, 0.15) is 6.92 Å². The number of ether oxygens (including phenoxy) is 1. The van der Waals surface area contributed by atoms with E-state index in [2.05, 4.69) is 0 Å². The fraction of sp³-hybridized carbons (Fsp3) is 0.235. The molecule has 2 rings (SSSR count). The van der Waals surface area contributed by atoms with Crippen molar-refractivity contribution in [2.75, 3.05) is 23.7 Å². The third kappa shape index (κ3) is 4.67. The number of carboxylic acids is 1. The average molecular weight is 380 g/mol. The molecular weight excluding hydrogens is 362 g/mol. The number of carboxylic acid groups (broad SMARTS) is 1. The van der Waals surface area contributed by atoms with Gasteiger partial charge in [-0.2, -0.15) is 0 Å². The second-order valence-electron chi connectivity index (χ2n) is 4.99. The molecular formula is C17H18NO5S2-. The number of rotatable bonds is 8. The number of carbonyl (C=O) groups excluding carboxylic acids is 1. The number of nitrogens with zero attached hydrogens (tertiary/aromatic N) is 1. The number of carbonyl (C=O) groups is 1. The van der Waals surface area contributed by atoms with Gasteiger partial charge in [0, 0.05) is 4.90 Å². The number of aliphatic carboxylic acids is 1. The van der Waals surface area contributed by atoms with Crippen molar-refractivity contribution < 1.29 is 23.1 Å². The molecule has 0 aliphatic carbocycles. The van der Waals surface area contributed by atoms with Gasteiger partial charge in [0.25, 0.3) is 10.0 Å². The quantitative estimate of drug-likeness (QED) is 0.649. The maximum Gasteiger partial charge on any atom is 0.264 e. The molecule has 0 saturated carbocycles. The minimum Gasteiger partial charge on any atom is -0.548 e. The molecule has 134 valence electrons. The highest BCUT2D eigenvalue weighted by Gasteiger charge is 2.25. The molecule has 0 heterocycles. The minimum atomic E-state index is -4.04. The van der Waals surface area contributed by atoms with Crippen molar-refractivity contribution in [2.24, 2.45) is 0 Å². The van der Waals surface area contributed by atoms with Crippen molar-refractivity contribution in [3.63, 3.8) is 0 Å². The Labute approximate surface area is 151 Å². The van der Waals surface area contributed by atoms with E-state index in [4.69, 9.17) is 4.74 Å². The normalized spacial score (nSPS) is 11.1. The van der Waals surface area contributed by atoms with E-state index in [1.54, 1.807) is 24.3 Å². The maximum atomic E-state index is 12.9. The molecule has 0 unspecified atom stereocenters. The van der Waals surface area contributed by atoms with Gasteiger partial charge in [0.05, 0.1) is 29.7 Å². The van der Waals surface area contributed by atoms with Crippen LogP contribution in [0.2, 0.25) is 0 Å². The number of hydrogen-bond acceptors (Lipinski definition) is 6. The Hall–Kier alpha value is -2.19. The predicted octanol–water partition coefficient (Wildman–Crippen LogP) is 1.75. The zero-order chi connectivity index (χ0) is 18.4. The first-order chi connectivity index (χ1) is 11.9. The first kappa shape index (κ1) is 19.1. The van der Waals surface area contributed by atoms with Crippen LogP contribution in [0.15, 0.2) is 58.3 Å². The van der Waals surface area contributed by atoms with E-state index in [0.717, 1.165) is 9.20 Å². The zero-order valence-electron chi connectivity index (χ0n) is 13.8. The summed E-state index contributed by atoms with van der Waals surface area (Å²) in [6.45, 7) is 1.53. The molecule has 0 spiro atoms. The van der Waals surface area contributed by atoms with E-state index >= 15 is 0 Å². The lowest BCUT2D eigenvalue weighted by molar-refractivity contribution is -0.303. The van der Waals surface area contributed by atoms with Crippen LogP contribution in [0.5, 0.6) is 5.75 Å². The van der Waals surface area contributed by atoms with Gasteiger partial charge in [-0.3, -0.25) is 4.31 Å². The van der Waals surface area contributed by atoms with E-state index in [9.17, 15) is 18.3 Å². The molecule has 2 aromatic carbocycles. The Morgan fingerprint density at radius 3 is 2.20 bits per heavy atom. The zero-order valence-corrected chi connectivity index (χ0v) is 15.5. The highest BCUT2D eigenvalue weighted by molar-refractivity contribution is 7.98. The molecule has 0 amide bonds. The van der Waals surface area contributed by atoms with Crippen molar-refractivity contribution in [2.45, 2.75) is 16.7 Å². The molecule has 0 aromatic heterocycles. The van der Waals surface area contributed by atoms with Gasteiger partial charge in [0.1, 0.15) is 5.75 Å². The Morgan fingerprint density at radius 1 is 1.12 bits per heavy atom. The van der Waals surface area contributed by atoms with E-state index in [0.29, 0.717) is 12.4 Å². The van der Waals surface area contributed by atoms with E-state index < -0.39 is 22.5 Å². The van der Waals surface area contributed by atoms with Crippen LogP contribution in [0.25, 0.3) is 0 Å². The molecule has 0 atom stereocenters. The monoisotopic (exact) mass is 380 g/mol. The number of benzene rings is 2. The third-order valence-corrected chi connectivity index (χ3v) is 5.89. The highest BCUT2D eigenvalue weighted by Crippen LogP contribution is 2.26. The van der Waals surface area contributed by atoms with Gasteiger partial charge in [0.15, 0.2) is 0 Å². The smallest absolute Gasteiger partial charge is 0.264 e. The van der Waals surface area contributed by atoms with Crippen LogP contribution in [-0.2, 0) is 14.8 Å². The summed E-state index contributed by atoms with van der Waals surface area (Å²) in [5.74, 6) is -0.917. The van der Waals surface area contributed by atoms with E-state index in [1.165, 1.54) is 36.0 Å². The molecule has 0 radical (unpaired) electrons. The lowest BCUT2D eigenvalue weighted by Gasteiger charge is -2.25. The lowest BCUT2D eigenvalue weighted by atomic mass is 10.3. The Balaban J connectivity index is 2.42. The summed E-state index contributed by atoms with van der Waals surface area (Å²) < 4.78 is 31.9. The summed E-state index contributed by atoms with van der Waals surface area (Å²) in [5.41, 5.74) is 0.224. The predicted molar refractivity (Wildman–Crippen MR) is 95.4 cm³/mol. The fourth-order valence-electron chi connectivity index (χ4n) is 2.18. The largest absolute Gasteiger partial charge is 0.548 e. The van der Waals surface area contributed by atoms with Crippen LogP contribution in [0, 0.1) is 0 Å². The topological polar surface area (TPSA) is 86.7 Å². The van der Waals surface area contributed by atoms with Gasteiger partial charge in [-0.1, -0.05) is 0 Å². The molecule has 0 bridgehead atoms. The Bertz CT molecular complexity index is 817. The third-order valence-electron chi connectivity index (χ3n) is 3.36. The van der Waals surface area contributed by atoms with Crippen LogP contribution >= 0.6 is 11.8 Å². The van der Waals surface area contributed by atoms with E-state index in [1.807, 2.05) is 13.2 Å². The fourth-order valence-corrected chi connectivity index (χ4v) is 4.00. The molecule has 0 fully saturated rings. The van der Waals surface area contributed by atoms with Crippen molar-refractivity contribution in [3.8, 4) is 5.75 Å². The number of anilines is 1. The summed E-state index contributed by atoms with van der Waals surface area (Å²) in [6, 6.07) is 12.4. The summed E-state index contributed by atoms with van der Waals surface area (Å²) in [7, 11) is -4.04. The molecule has 0 N–H and O–H groups in total. The molecule has 25 heavy (non-hydrogen) atoms. The Morgan fingerprint density at radius 2 is 1.72 bits per heavy atom. The summed E-state index contributed by atoms with van der Waals surface area (Å²) in [5, 5.41) is 11.1. The van der Waals surface area contributed by atoms with Crippen LogP contribution < -0.4 is 14.1 Å². The van der Waals surface area contributed by atoms with Gasteiger partial charge < -0.3 is 14.6 Å². The van der Waals surface area contributed by atoms with Gasteiger partial charge in [-0.25, -0.2) is 8.42 Å². The number of hydrogen-bond donors (Lipinski definition) is 0. The standard InChI is InChI=1S/C17H19NO5S2/c1-3-23-14-6-4-13(5-7-14)18(12-17(19)20)25(21,22)16-10-8-15(24-2)9-11-16/h4-11H,3,12H2,1-2H3,(H,19,20)/p-1. The molecule has 0 saturated heterocycles. The van der Waals surface area contributed by atoms with Crippen molar-refractivity contribution >= 4 is 33.4 Å². The SMILES string of the molecule is CCOc1ccc(N(CC(=O)[O-])S(=O)(=O)c2ccc(SC)cc2)cc1. The van der Waals surface area contributed by atoms with Gasteiger partial charge >= 0.3 is 0 Å². The molecule has 6 nitrogen and oxygen atoms in total. The first-order valence-corrected chi connectivity index (χ1v) is 10.1. The summed E-state index contributed by atoms with van der Waals surface area (Å²) >= 11 is 1.48. The Kier molecular flexibility index (Phi) is 6.33. The molecule has 0 aliphatic rings. The summed E-state index contributed by atoms with van der Waals surface area (Å²) in [4.78, 5) is 12.0. The van der Waals surface area contributed by atoms with Crippen LogP contribution in [0.3, 0.4) is 0 Å². The summed E-state index contributed by atoms with van der Waals surface area (Å²) in [6.07, 6.45) is 1.88. The van der Waals surface area contributed by atoms with Crippen molar-refractivity contribution in [3.05, 3.63) is 48.5 Å². The van der Waals surface area contributed by atoms with Crippen molar-refractivity contribution in [1.29, 1.82) is 0 Å². The van der Waals surface area contributed by atoms with Gasteiger partial charge in [0.2, 0.25) is 0 Å². The second-order valence-corrected chi connectivity index (χ2v) is 7.73. The molecule has 0 aliphatic heterocycles. The van der Waals surface area contributed by atoms with Crippen molar-refractivity contribution in [1.82, 2.24) is 0 Å². The maximum absolute atomic E-state index is 12.9. The lowest BCUT2D eigenvalue weighted by Crippen LogP contribution is -2.41. The van der Waals surface area contributed by atoms with Gasteiger partial charge in [-0.05, 0) is 61.7 Å². The number of thioether (sulfide) groups is 1. The van der Waals surface area contributed by atoms with Crippen LogP contribution in [-0.4, -0.2) is 33.8 Å². The minimum absolute atomic E-state index is 0.0143. The number of sulfonamides is 1. The first-order valence-electron chi connectivity index (χ1n) is 7.48. The second kappa shape index (κ2) is 8.26. The molecule has 2 aromatic rings. The average Bonchev–Trinajstić information content (AvgIpc) is 2.60. The highest BCUT2D eigenvalue weighted by atomic mass is 32.2. The molecule has 8 heteroatoms. The van der Waals surface area contributed by atoms with Gasteiger partial charge in [-0.15, -0.1) is 11.8 Å². The van der Waals surface area contributed by atoms with E-state index in [-0.39, 0.29) is 10.6 Å². The van der Waals surface area contributed by atoms with Crippen LogP contribution in [0.4, 0.5) is 5.69 Å².